The largest absolute Gasteiger partial charge is 0.433 e. The first-order chi connectivity index (χ1) is 8.56. The Morgan fingerprint density at radius 1 is 1.39 bits per heavy atom. The fourth-order valence-electron chi connectivity index (χ4n) is 1.34. The van der Waals surface area contributed by atoms with Crippen LogP contribution in [0.2, 0.25) is 5.02 Å². The van der Waals surface area contributed by atoms with Gasteiger partial charge in [-0.1, -0.05) is 11.6 Å². The summed E-state index contributed by atoms with van der Waals surface area (Å²) in [5, 5.41) is 11.0. The molecule has 0 spiro atoms. The Balaban J connectivity index is 2.04. The van der Waals surface area contributed by atoms with Gasteiger partial charge < -0.3 is 10.2 Å². The topological polar surface area (TPSA) is 82.3 Å². The maximum absolute atomic E-state index is 10.5. The number of rotatable bonds is 4. The molecule has 0 bridgehead atoms. The second-order valence-electron chi connectivity index (χ2n) is 3.47. The normalized spacial score (nSPS) is 10.5. The molecule has 0 atom stereocenters. The standard InChI is InChI=1S/C11H9ClN2O3S/c12-7-1-3-10(9(13)5-7)18-6-8-2-4-11(17-8)14(15)16/h1-5H,6,13H2. The van der Waals surface area contributed by atoms with Gasteiger partial charge in [0.2, 0.25) is 0 Å². The van der Waals surface area contributed by atoms with E-state index in [1.54, 1.807) is 24.3 Å². The van der Waals surface area contributed by atoms with E-state index < -0.39 is 4.92 Å². The fraction of sp³-hybridized carbons (Fsp3) is 0.0909. The van der Waals surface area contributed by atoms with Gasteiger partial charge in [0.15, 0.2) is 0 Å². The van der Waals surface area contributed by atoms with Gasteiger partial charge in [0.25, 0.3) is 0 Å². The molecule has 2 aromatic rings. The highest BCUT2D eigenvalue weighted by molar-refractivity contribution is 7.98. The van der Waals surface area contributed by atoms with E-state index in [9.17, 15) is 10.1 Å². The van der Waals surface area contributed by atoms with Crippen LogP contribution in [0.4, 0.5) is 11.6 Å². The number of halogens is 1. The maximum atomic E-state index is 10.5. The van der Waals surface area contributed by atoms with Gasteiger partial charge in [-0.2, -0.15) is 0 Å². The third kappa shape index (κ3) is 2.96. The van der Waals surface area contributed by atoms with Gasteiger partial charge in [-0.05, 0) is 24.3 Å². The van der Waals surface area contributed by atoms with Crippen molar-refractivity contribution in [2.75, 3.05) is 5.73 Å². The predicted molar refractivity (Wildman–Crippen MR) is 70.8 cm³/mol. The van der Waals surface area contributed by atoms with Crippen LogP contribution in [0, 0.1) is 10.1 Å². The number of benzene rings is 1. The number of nitrogens with two attached hydrogens (primary N) is 1. The van der Waals surface area contributed by atoms with Crippen LogP contribution in [-0.4, -0.2) is 4.92 Å². The lowest BCUT2D eigenvalue weighted by Crippen LogP contribution is -1.88. The van der Waals surface area contributed by atoms with Gasteiger partial charge in [0.1, 0.15) is 10.7 Å². The number of nitrogens with zero attached hydrogens (tertiary/aromatic N) is 1. The Hall–Kier alpha value is -1.66. The lowest BCUT2D eigenvalue weighted by Gasteiger charge is -2.03. The highest BCUT2D eigenvalue weighted by Crippen LogP contribution is 2.31. The van der Waals surface area contributed by atoms with E-state index in [2.05, 4.69) is 0 Å². The highest BCUT2D eigenvalue weighted by atomic mass is 35.5. The minimum Gasteiger partial charge on any atom is -0.405 e. The lowest BCUT2D eigenvalue weighted by atomic mass is 10.3. The monoisotopic (exact) mass is 284 g/mol. The molecule has 2 N–H and O–H groups in total. The van der Waals surface area contributed by atoms with Gasteiger partial charge >= 0.3 is 5.88 Å². The molecule has 94 valence electrons. The summed E-state index contributed by atoms with van der Waals surface area (Å²) in [5.74, 6) is 0.746. The molecule has 1 aromatic heterocycles. The van der Waals surface area contributed by atoms with Gasteiger partial charge in [-0.3, -0.25) is 10.1 Å². The summed E-state index contributed by atoms with van der Waals surface area (Å²) >= 11 is 7.22. The molecule has 2 rings (SSSR count). The average Bonchev–Trinajstić information content (AvgIpc) is 2.76. The smallest absolute Gasteiger partial charge is 0.405 e. The van der Waals surface area contributed by atoms with Gasteiger partial charge in [-0.15, -0.1) is 11.8 Å². The third-order valence-electron chi connectivity index (χ3n) is 2.17. The van der Waals surface area contributed by atoms with Crippen LogP contribution < -0.4 is 5.73 Å². The molecule has 0 saturated carbocycles. The molecule has 0 aliphatic rings. The molecule has 0 unspecified atom stereocenters. The Morgan fingerprint density at radius 3 is 2.78 bits per heavy atom. The molecule has 0 aliphatic carbocycles. The average molecular weight is 285 g/mol. The summed E-state index contributed by atoms with van der Waals surface area (Å²) in [7, 11) is 0. The summed E-state index contributed by atoms with van der Waals surface area (Å²) < 4.78 is 5.04. The van der Waals surface area contributed by atoms with Crippen LogP contribution in [0.25, 0.3) is 0 Å². The summed E-state index contributed by atoms with van der Waals surface area (Å²) in [5.41, 5.74) is 6.37. The molecular formula is C11H9ClN2O3S. The highest BCUT2D eigenvalue weighted by Gasteiger charge is 2.12. The summed E-state index contributed by atoms with van der Waals surface area (Å²) in [4.78, 5) is 10.7. The van der Waals surface area contributed by atoms with Crippen molar-refractivity contribution in [1.82, 2.24) is 0 Å². The Morgan fingerprint density at radius 2 is 2.17 bits per heavy atom. The van der Waals surface area contributed by atoms with Crippen molar-refractivity contribution in [3.8, 4) is 0 Å². The van der Waals surface area contributed by atoms with Crippen molar-refractivity contribution < 1.29 is 9.34 Å². The van der Waals surface area contributed by atoms with E-state index in [-0.39, 0.29) is 5.88 Å². The van der Waals surface area contributed by atoms with E-state index in [1.807, 2.05) is 0 Å². The Kier molecular flexibility index (Phi) is 3.78. The van der Waals surface area contributed by atoms with E-state index >= 15 is 0 Å². The van der Waals surface area contributed by atoms with E-state index in [1.165, 1.54) is 17.8 Å². The van der Waals surface area contributed by atoms with Crippen LogP contribution in [0.3, 0.4) is 0 Å². The van der Waals surface area contributed by atoms with Crippen molar-refractivity contribution in [2.24, 2.45) is 0 Å². The summed E-state index contributed by atoms with van der Waals surface area (Å²) in [6, 6.07) is 8.12. The number of furan rings is 1. The first-order valence-electron chi connectivity index (χ1n) is 4.97. The minimum absolute atomic E-state index is 0.255. The fourth-order valence-corrected chi connectivity index (χ4v) is 2.37. The van der Waals surface area contributed by atoms with Crippen LogP contribution in [0.15, 0.2) is 39.6 Å². The molecule has 0 radical (unpaired) electrons. The number of nitro groups is 1. The molecule has 0 amide bonds. The number of hydrogen-bond donors (Lipinski definition) is 1. The molecule has 5 nitrogen and oxygen atoms in total. The van der Waals surface area contributed by atoms with Crippen LogP contribution in [0.1, 0.15) is 5.76 Å². The van der Waals surface area contributed by atoms with E-state index in [0.29, 0.717) is 22.2 Å². The number of nitrogen functional groups attached to an aromatic ring is 1. The lowest BCUT2D eigenvalue weighted by molar-refractivity contribution is -0.402. The van der Waals surface area contributed by atoms with Gasteiger partial charge in [0.05, 0.1) is 11.8 Å². The van der Waals surface area contributed by atoms with Crippen LogP contribution in [-0.2, 0) is 5.75 Å². The van der Waals surface area contributed by atoms with Gasteiger partial charge in [0, 0.05) is 15.6 Å². The summed E-state index contributed by atoms with van der Waals surface area (Å²) in [6.45, 7) is 0. The van der Waals surface area contributed by atoms with Crippen LogP contribution in [0.5, 0.6) is 0 Å². The molecule has 7 heteroatoms. The van der Waals surface area contributed by atoms with E-state index in [4.69, 9.17) is 21.8 Å². The molecule has 1 aromatic carbocycles. The second kappa shape index (κ2) is 5.32. The van der Waals surface area contributed by atoms with Crippen molar-refractivity contribution in [2.45, 2.75) is 10.6 Å². The zero-order valence-corrected chi connectivity index (χ0v) is 10.7. The van der Waals surface area contributed by atoms with E-state index in [0.717, 1.165) is 4.90 Å². The molecular weight excluding hydrogens is 276 g/mol. The molecule has 0 fully saturated rings. The second-order valence-corrected chi connectivity index (χ2v) is 4.92. The first kappa shape index (κ1) is 12.8. The quantitative estimate of drug-likeness (QED) is 0.400. The summed E-state index contributed by atoms with van der Waals surface area (Å²) in [6.07, 6.45) is 0. The number of hydrogen-bond acceptors (Lipinski definition) is 5. The minimum atomic E-state index is -0.565. The van der Waals surface area contributed by atoms with Crippen molar-refractivity contribution >= 4 is 34.9 Å². The number of anilines is 1. The first-order valence-corrected chi connectivity index (χ1v) is 6.33. The van der Waals surface area contributed by atoms with Crippen LogP contribution >= 0.6 is 23.4 Å². The molecule has 0 saturated heterocycles. The Labute approximate surface area is 112 Å². The molecule has 0 aliphatic heterocycles. The van der Waals surface area contributed by atoms with Gasteiger partial charge in [-0.25, -0.2) is 0 Å². The van der Waals surface area contributed by atoms with Crippen molar-refractivity contribution in [3.05, 3.63) is 51.2 Å². The Bertz CT molecular complexity index is 585. The predicted octanol–water partition coefficient (Wildman–Crippen LogP) is 3.72. The SMILES string of the molecule is Nc1cc(Cl)ccc1SCc1ccc([N+](=O)[O-])o1. The van der Waals surface area contributed by atoms with Crippen molar-refractivity contribution in [3.63, 3.8) is 0 Å². The zero-order chi connectivity index (χ0) is 13.1. The zero-order valence-electron chi connectivity index (χ0n) is 9.13. The number of thioether (sulfide) groups is 1. The molecule has 1 heterocycles. The maximum Gasteiger partial charge on any atom is 0.433 e. The van der Waals surface area contributed by atoms with Crippen molar-refractivity contribution in [1.29, 1.82) is 0 Å². The third-order valence-corrected chi connectivity index (χ3v) is 3.52. The molecule has 18 heavy (non-hydrogen) atoms.